The lowest BCUT2D eigenvalue weighted by Crippen LogP contribution is -1.98. The summed E-state index contributed by atoms with van der Waals surface area (Å²) in [4.78, 5) is 4.38. The molecule has 0 radical (unpaired) electrons. The molecule has 0 bridgehead atoms. The normalized spacial score (nSPS) is 15.2. The molecule has 0 aliphatic heterocycles. The van der Waals surface area contributed by atoms with Gasteiger partial charge in [0.1, 0.15) is 5.52 Å². The van der Waals surface area contributed by atoms with Crippen molar-refractivity contribution in [2.24, 2.45) is 0 Å². The Labute approximate surface area is 112 Å². The van der Waals surface area contributed by atoms with Gasteiger partial charge in [-0.15, -0.1) is 5.10 Å². The molecular weight excluding hydrogens is 264 g/mol. The van der Waals surface area contributed by atoms with E-state index in [-0.39, 0.29) is 0 Å². The van der Waals surface area contributed by atoms with Gasteiger partial charge < -0.3 is 10.2 Å². The number of rotatable bonds is 3. The third kappa shape index (κ3) is 1.93. The van der Waals surface area contributed by atoms with Gasteiger partial charge in [-0.1, -0.05) is 0 Å². The molecule has 0 spiro atoms. The van der Waals surface area contributed by atoms with Crippen LogP contribution in [0.15, 0.2) is 33.0 Å². The Morgan fingerprint density at radius 3 is 3.11 bits per heavy atom. The Balaban J connectivity index is 1.68. The van der Waals surface area contributed by atoms with Gasteiger partial charge in [-0.3, -0.25) is 0 Å². The summed E-state index contributed by atoms with van der Waals surface area (Å²) in [5.41, 5.74) is 7.84. The first-order valence-electron chi connectivity index (χ1n) is 5.91. The second-order valence-corrected chi connectivity index (χ2v) is 5.36. The zero-order chi connectivity index (χ0) is 12.8. The first kappa shape index (κ1) is 10.8. The van der Waals surface area contributed by atoms with Crippen LogP contribution in [0.3, 0.4) is 0 Å². The van der Waals surface area contributed by atoms with Crippen LogP contribution < -0.4 is 5.73 Å². The highest BCUT2D eigenvalue weighted by Gasteiger charge is 2.28. The van der Waals surface area contributed by atoms with Gasteiger partial charge in [-0.2, -0.15) is 0 Å². The fourth-order valence-corrected chi connectivity index (χ4v) is 2.63. The molecule has 19 heavy (non-hydrogen) atoms. The van der Waals surface area contributed by atoms with E-state index in [1.807, 2.05) is 10.7 Å². The minimum atomic E-state index is 0.428. The number of benzene rings is 1. The summed E-state index contributed by atoms with van der Waals surface area (Å²) in [6, 6.07) is 5.81. The molecule has 0 atom stereocenters. The molecule has 1 aliphatic carbocycles. The molecule has 1 aliphatic rings. The highest BCUT2D eigenvalue weighted by atomic mass is 32.2. The van der Waals surface area contributed by atoms with E-state index >= 15 is 0 Å². The molecule has 4 rings (SSSR count). The smallest absolute Gasteiger partial charge is 0.264 e. The second kappa shape index (κ2) is 3.95. The van der Waals surface area contributed by atoms with Crippen molar-refractivity contribution in [1.82, 2.24) is 25.2 Å². The average Bonchev–Trinajstić information content (AvgIpc) is 3.00. The number of anilines is 1. The summed E-state index contributed by atoms with van der Waals surface area (Å²) in [5.74, 6) is 0. The number of aromatic nitrogens is 5. The van der Waals surface area contributed by atoms with Gasteiger partial charge in [-0.05, 0) is 41.5 Å². The van der Waals surface area contributed by atoms with Gasteiger partial charge in [0.05, 0.1) is 6.04 Å². The minimum Gasteiger partial charge on any atom is -0.431 e. The van der Waals surface area contributed by atoms with Crippen LogP contribution in [0.25, 0.3) is 11.1 Å². The first-order chi connectivity index (χ1) is 9.29. The molecule has 1 aromatic carbocycles. The van der Waals surface area contributed by atoms with Crippen LogP contribution in [-0.2, 0) is 0 Å². The quantitative estimate of drug-likeness (QED) is 0.728. The fourth-order valence-electron chi connectivity index (χ4n) is 1.85. The van der Waals surface area contributed by atoms with Crippen molar-refractivity contribution in [3.05, 3.63) is 18.2 Å². The number of tetrazole rings is 1. The fraction of sp³-hybridized carbons (Fsp3) is 0.273. The van der Waals surface area contributed by atoms with Crippen molar-refractivity contribution in [1.29, 1.82) is 0 Å². The maximum atomic E-state index is 5.72. The molecular formula is C11H10N6OS. The summed E-state index contributed by atoms with van der Waals surface area (Å²) in [6.45, 7) is 0. The first-order valence-corrected chi connectivity index (χ1v) is 6.73. The Hall–Kier alpha value is -2.09. The van der Waals surface area contributed by atoms with Crippen molar-refractivity contribution in [2.75, 3.05) is 5.73 Å². The number of nitrogens with zero attached hydrogens (tertiary/aromatic N) is 5. The third-order valence-electron chi connectivity index (χ3n) is 2.93. The lowest BCUT2D eigenvalue weighted by molar-refractivity contribution is 0.486. The minimum absolute atomic E-state index is 0.428. The topological polar surface area (TPSA) is 95.6 Å². The molecule has 0 amide bonds. The van der Waals surface area contributed by atoms with Crippen molar-refractivity contribution < 1.29 is 4.42 Å². The number of nitrogens with two attached hydrogens (primary N) is 1. The lowest BCUT2D eigenvalue weighted by Gasteiger charge is -1.97. The maximum absolute atomic E-state index is 5.72. The molecule has 1 saturated carbocycles. The molecule has 0 saturated heterocycles. The predicted molar refractivity (Wildman–Crippen MR) is 68.6 cm³/mol. The maximum Gasteiger partial charge on any atom is 0.264 e. The van der Waals surface area contributed by atoms with Gasteiger partial charge in [0.2, 0.25) is 5.16 Å². The van der Waals surface area contributed by atoms with Crippen LogP contribution in [0.1, 0.15) is 18.9 Å². The van der Waals surface area contributed by atoms with Crippen LogP contribution in [0.5, 0.6) is 0 Å². The Kier molecular flexibility index (Phi) is 2.25. The van der Waals surface area contributed by atoms with Crippen molar-refractivity contribution in [2.45, 2.75) is 29.3 Å². The van der Waals surface area contributed by atoms with E-state index in [1.54, 1.807) is 12.1 Å². The van der Waals surface area contributed by atoms with Crippen molar-refractivity contribution in [3.8, 4) is 0 Å². The standard InChI is InChI=1S/C11H10N6OS/c12-6-1-4-9-8(5-6)13-11(18-9)19-10-14-15-16-17(10)7-2-3-7/h1,4-5,7H,2-3,12H2. The molecule has 2 aromatic heterocycles. The van der Waals surface area contributed by atoms with Crippen LogP contribution >= 0.6 is 11.8 Å². The second-order valence-electron chi connectivity index (χ2n) is 4.45. The Morgan fingerprint density at radius 2 is 2.26 bits per heavy atom. The van der Waals surface area contributed by atoms with Crippen LogP contribution in [-0.4, -0.2) is 25.2 Å². The molecule has 7 nitrogen and oxygen atoms in total. The van der Waals surface area contributed by atoms with Gasteiger partial charge in [0, 0.05) is 17.4 Å². The summed E-state index contributed by atoms with van der Waals surface area (Å²) >= 11 is 1.33. The lowest BCUT2D eigenvalue weighted by atomic mass is 10.3. The Bertz CT molecular complexity index is 747. The largest absolute Gasteiger partial charge is 0.431 e. The van der Waals surface area contributed by atoms with E-state index in [2.05, 4.69) is 20.5 Å². The summed E-state index contributed by atoms with van der Waals surface area (Å²) in [5, 5.41) is 12.9. The van der Waals surface area contributed by atoms with Gasteiger partial charge in [-0.25, -0.2) is 9.67 Å². The van der Waals surface area contributed by atoms with Crippen molar-refractivity contribution in [3.63, 3.8) is 0 Å². The zero-order valence-corrected chi connectivity index (χ0v) is 10.7. The SMILES string of the molecule is Nc1ccc2oc(Sc3nnnn3C3CC3)nc2c1. The van der Waals surface area contributed by atoms with Gasteiger partial charge in [0.15, 0.2) is 5.58 Å². The molecule has 3 aromatic rings. The number of hydrogen-bond donors (Lipinski definition) is 1. The summed E-state index contributed by atoms with van der Waals surface area (Å²) < 4.78 is 7.47. The number of fused-ring (bicyclic) bond motifs is 1. The van der Waals surface area contributed by atoms with Gasteiger partial charge in [0.25, 0.3) is 5.22 Å². The number of oxazole rings is 1. The Morgan fingerprint density at radius 1 is 1.37 bits per heavy atom. The summed E-state index contributed by atoms with van der Waals surface area (Å²) in [7, 11) is 0. The van der Waals surface area contributed by atoms with Crippen LogP contribution in [0, 0.1) is 0 Å². The van der Waals surface area contributed by atoms with E-state index in [0.717, 1.165) is 18.4 Å². The van der Waals surface area contributed by atoms with Crippen molar-refractivity contribution >= 4 is 28.5 Å². The molecule has 0 unspecified atom stereocenters. The average molecular weight is 274 g/mol. The highest BCUT2D eigenvalue weighted by molar-refractivity contribution is 7.99. The van der Waals surface area contributed by atoms with E-state index in [4.69, 9.17) is 10.2 Å². The molecule has 96 valence electrons. The zero-order valence-electron chi connectivity index (χ0n) is 9.85. The molecule has 8 heteroatoms. The highest BCUT2D eigenvalue weighted by Crippen LogP contribution is 2.38. The van der Waals surface area contributed by atoms with Crippen LogP contribution in [0.2, 0.25) is 0 Å². The van der Waals surface area contributed by atoms with E-state index < -0.39 is 0 Å². The molecule has 1 fully saturated rings. The third-order valence-corrected chi connectivity index (χ3v) is 3.73. The van der Waals surface area contributed by atoms with Crippen LogP contribution in [0.4, 0.5) is 5.69 Å². The predicted octanol–water partition coefficient (Wildman–Crippen LogP) is 1.88. The molecule has 2 heterocycles. The summed E-state index contributed by atoms with van der Waals surface area (Å²) in [6.07, 6.45) is 2.26. The van der Waals surface area contributed by atoms with E-state index in [1.165, 1.54) is 11.8 Å². The monoisotopic (exact) mass is 274 g/mol. The van der Waals surface area contributed by atoms with E-state index in [0.29, 0.717) is 27.7 Å². The van der Waals surface area contributed by atoms with Gasteiger partial charge >= 0.3 is 0 Å². The number of hydrogen-bond acceptors (Lipinski definition) is 7. The number of nitrogen functional groups attached to an aromatic ring is 1. The van der Waals surface area contributed by atoms with E-state index in [9.17, 15) is 0 Å². The molecule has 2 N–H and O–H groups in total.